The van der Waals surface area contributed by atoms with E-state index in [0.717, 1.165) is 16.8 Å². The first-order chi connectivity index (χ1) is 15.8. The van der Waals surface area contributed by atoms with Gasteiger partial charge in [0.25, 0.3) is 0 Å². The lowest BCUT2D eigenvalue weighted by Gasteiger charge is -2.14. The van der Waals surface area contributed by atoms with E-state index in [1.165, 1.54) is 30.0 Å². The molecule has 4 rings (SSSR count). The number of carbonyl (C=O) groups is 1. The lowest BCUT2D eigenvalue weighted by Crippen LogP contribution is -2.14. The van der Waals surface area contributed by atoms with E-state index >= 15 is 0 Å². The topological polar surface area (TPSA) is 100 Å². The van der Waals surface area contributed by atoms with Gasteiger partial charge in [-0.05, 0) is 55.8 Å². The first-order valence-corrected chi connectivity index (χ1v) is 11.4. The van der Waals surface area contributed by atoms with Crippen LogP contribution in [0.1, 0.15) is 11.1 Å². The van der Waals surface area contributed by atoms with Crippen molar-refractivity contribution < 1.29 is 15.0 Å². The summed E-state index contributed by atoms with van der Waals surface area (Å²) in [4.78, 5) is 12.6. The Bertz CT molecular complexity index is 1340. The van der Waals surface area contributed by atoms with Gasteiger partial charge in [-0.15, -0.1) is 10.2 Å². The molecule has 0 aliphatic carbocycles. The maximum Gasteiger partial charge on any atom is 0.234 e. The standard InChI is InChI=1S/C24H21ClN4O3S/c1-14-7-9-19(15(2)11-14)29-23(17-5-3-4-6-20(17)30)27-28-24(29)33-13-22(32)26-18-12-16(25)8-10-21(18)31/h3-12,30-31H,13H2,1-2H3,(H,26,32). The normalized spacial score (nSPS) is 10.9. The predicted octanol–water partition coefficient (Wildman–Crippen LogP) is 5.35. The highest BCUT2D eigenvalue weighted by molar-refractivity contribution is 7.99. The monoisotopic (exact) mass is 480 g/mol. The van der Waals surface area contributed by atoms with Crippen LogP contribution in [0.2, 0.25) is 5.02 Å². The summed E-state index contributed by atoms with van der Waals surface area (Å²) in [6, 6.07) is 17.3. The van der Waals surface area contributed by atoms with Crippen molar-refractivity contribution in [2.24, 2.45) is 0 Å². The Morgan fingerprint density at radius 2 is 1.82 bits per heavy atom. The summed E-state index contributed by atoms with van der Waals surface area (Å²) in [6.07, 6.45) is 0. The van der Waals surface area contributed by atoms with Crippen LogP contribution in [-0.2, 0) is 4.79 Å². The molecular formula is C24H21ClN4O3S. The number of aromatic nitrogens is 3. The fraction of sp³-hybridized carbons (Fsp3) is 0.125. The van der Waals surface area contributed by atoms with Crippen molar-refractivity contribution in [3.63, 3.8) is 0 Å². The lowest BCUT2D eigenvalue weighted by atomic mass is 10.1. The molecule has 1 heterocycles. The number of hydrogen-bond donors (Lipinski definition) is 3. The van der Waals surface area contributed by atoms with E-state index in [1.807, 2.05) is 42.7 Å². The van der Waals surface area contributed by atoms with Crippen molar-refractivity contribution in [2.45, 2.75) is 19.0 Å². The average Bonchev–Trinajstić information content (AvgIpc) is 3.18. The summed E-state index contributed by atoms with van der Waals surface area (Å²) < 4.78 is 1.83. The van der Waals surface area contributed by atoms with Crippen LogP contribution in [0.25, 0.3) is 17.1 Å². The third-order valence-corrected chi connectivity index (χ3v) is 6.10. The zero-order valence-electron chi connectivity index (χ0n) is 17.9. The maximum atomic E-state index is 12.6. The van der Waals surface area contributed by atoms with Crippen molar-refractivity contribution in [2.75, 3.05) is 11.1 Å². The van der Waals surface area contributed by atoms with Crippen molar-refractivity contribution in [3.8, 4) is 28.6 Å². The number of carbonyl (C=O) groups excluding carboxylic acids is 1. The maximum absolute atomic E-state index is 12.6. The SMILES string of the molecule is Cc1ccc(-n2c(SCC(=O)Nc3cc(Cl)ccc3O)nnc2-c2ccccc2O)c(C)c1. The minimum Gasteiger partial charge on any atom is -0.507 e. The Morgan fingerprint density at radius 3 is 2.58 bits per heavy atom. The van der Waals surface area contributed by atoms with Gasteiger partial charge in [0.05, 0.1) is 22.7 Å². The van der Waals surface area contributed by atoms with E-state index in [4.69, 9.17) is 11.6 Å². The molecule has 0 fully saturated rings. The Balaban J connectivity index is 1.66. The molecule has 1 amide bonds. The van der Waals surface area contributed by atoms with Crippen molar-refractivity contribution in [1.29, 1.82) is 0 Å². The number of halogens is 1. The molecule has 0 unspecified atom stereocenters. The molecule has 0 atom stereocenters. The van der Waals surface area contributed by atoms with Crippen LogP contribution in [0, 0.1) is 13.8 Å². The van der Waals surface area contributed by atoms with Gasteiger partial charge in [-0.1, -0.05) is 53.2 Å². The molecule has 0 spiro atoms. The van der Waals surface area contributed by atoms with E-state index < -0.39 is 0 Å². The molecule has 0 bridgehead atoms. The first-order valence-electron chi connectivity index (χ1n) is 10.1. The highest BCUT2D eigenvalue weighted by Gasteiger charge is 2.20. The van der Waals surface area contributed by atoms with Gasteiger partial charge in [0, 0.05) is 5.02 Å². The molecule has 3 aromatic carbocycles. The first kappa shape index (κ1) is 22.7. The number of nitrogens with zero attached hydrogens (tertiary/aromatic N) is 3. The summed E-state index contributed by atoms with van der Waals surface area (Å²) in [7, 11) is 0. The van der Waals surface area contributed by atoms with E-state index in [1.54, 1.807) is 18.2 Å². The number of thioether (sulfide) groups is 1. The molecule has 0 saturated carbocycles. The van der Waals surface area contributed by atoms with Crippen molar-refractivity contribution >= 4 is 35.0 Å². The van der Waals surface area contributed by atoms with Gasteiger partial charge in [-0.3, -0.25) is 9.36 Å². The highest BCUT2D eigenvalue weighted by Crippen LogP contribution is 2.34. The van der Waals surface area contributed by atoms with Gasteiger partial charge in [-0.25, -0.2) is 0 Å². The van der Waals surface area contributed by atoms with Crippen LogP contribution < -0.4 is 5.32 Å². The van der Waals surface area contributed by atoms with Gasteiger partial charge >= 0.3 is 0 Å². The Morgan fingerprint density at radius 1 is 1.03 bits per heavy atom. The van der Waals surface area contributed by atoms with Crippen LogP contribution in [0.5, 0.6) is 11.5 Å². The summed E-state index contributed by atoms with van der Waals surface area (Å²) >= 11 is 7.15. The molecule has 0 radical (unpaired) electrons. The van der Waals surface area contributed by atoms with Crippen LogP contribution in [-0.4, -0.2) is 36.6 Å². The minimum atomic E-state index is -0.336. The molecule has 7 nitrogen and oxygen atoms in total. The Hall–Kier alpha value is -3.49. The molecule has 0 saturated heterocycles. The number of rotatable bonds is 6. The van der Waals surface area contributed by atoms with Gasteiger partial charge in [-0.2, -0.15) is 0 Å². The second kappa shape index (κ2) is 9.56. The third-order valence-electron chi connectivity index (χ3n) is 4.94. The zero-order chi connectivity index (χ0) is 23.5. The number of amides is 1. The number of nitrogens with one attached hydrogen (secondary N) is 1. The molecular weight excluding hydrogens is 460 g/mol. The predicted molar refractivity (Wildman–Crippen MR) is 130 cm³/mol. The van der Waals surface area contributed by atoms with E-state index in [2.05, 4.69) is 15.5 Å². The third kappa shape index (κ3) is 4.97. The van der Waals surface area contributed by atoms with Crippen LogP contribution in [0.3, 0.4) is 0 Å². The van der Waals surface area contributed by atoms with Crippen molar-refractivity contribution in [3.05, 3.63) is 76.8 Å². The number of hydrogen-bond acceptors (Lipinski definition) is 6. The van der Waals surface area contributed by atoms with Gasteiger partial charge in [0.2, 0.25) is 5.91 Å². The number of phenols is 2. The Labute approximate surface area is 200 Å². The minimum absolute atomic E-state index is 0.0236. The summed E-state index contributed by atoms with van der Waals surface area (Å²) in [5.41, 5.74) is 3.73. The molecule has 1 aromatic heterocycles. The largest absolute Gasteiger partial charge is 0.507 e. The second-order valence-corrected chi connectivity index (χ2v) is 8.83. The number of aromatic hydroxyl groups is 2. The van der Waals surface area contributed by atoms with E-state index in [9.17, 15) is 15.0 Å². The fourth-order valence-electron chi connectivity index (χ4n) is 3.40. The number of anilines is 1. The highest BCUT2D eigenvalue weighted by atomic mass is 35.5. The number of para-hydroxylation sites is 1. The summed E-state index contributed by atoms with van der Waals surface area (Å²) in [5, 5.41) is 32.5. The molecule has 33 heavy (non-hydrogen) atoms. The Kier molecular flexibility index (Phi) is 6.57. The lowest BCUT2D eigenvalue weighted by molar-refractivity contribution is -0.113. The molecule has 9 heteroatoms. The molecule has 0 aliphatic heterocycles. The molecule has 3 N–H and O–H groups in total. The molecule has 4 aromatic rings. The van der Waals surface area contributed by atoms with Gasteiger partial charge in [0.1, 0.15) is 11.5 Å². The summed E-state index contributed by atoms with van der Waals surface area (Å²) in [6.45, 7) is 4.00. The fourth-order valence-corrected chi connectivity index (χ4v) is 4.32. The number of benzene rings is 3. The van der Waals surface area contributed by atoms with Gasteiger partial charge in [0.15, 0.2) is 11.0 Å². The summed E-state index contributed by atoms with van der Waals surface area (Å²) in [5.74, 6) is 0.169. The van der Waals surface area contributed by atoms with Crippen molar-refractivity contribution in [1.82, 2.24) is 14.8 Å². The van der Waals surface area contributed by atoms with Crippen LogP contribution >= 0.6 is 23.4 Å². The molecule has 0 aliphatic rings. The van der Waals surface area contributed by atoms with E-state index in [0.29, 0.717) is 21.6 Å². The smallest absolute Gasteiger partial charge is 0.234 e. The molecule has 168 valence electrons. The van der Waals surface area contributed by atoms with Gasteiger partial charge < -0.3 is 15.5 Å². The van der Waals surface area contributed by atoms with E-state index in [-0.39, 0.29) is 28.8 Å². The van der Waals surface area contributed by atoms with Crippen LogP contribution in [0.4, 0.5) is 5.69 Å². The quantitative estimate of drug-likeness (QED) is 0.254. The number of phenolic OH excluding ortho intramolecular Hbond substituents is 2. The average molecular weight is 481 g/mol. The zero-order valence-corrected chi connectivity index (χ0v) is 19.5. The van der Waals surface area contributed by atoms with Crippen LogP contribution in [0.15, 0.2) is 65.8 Å². The second-order valence-electron chi connectivity index (χ2n) is 7.45. The number of aryl methyl sites for hydroxylation is 2.